The summed E-state index contributed by atoms with van der Waals surface area (Å²) >= 11 is 3.71. The minimum Gasteiger partial charge on any atom is -0.311 e. The molecule has 0 aliphatic heterocycles. The van der Waals surface area contributed by atoms with Gasteiger partial charge >= 0.3 is 0 Å². The molecule has 1 nitrogen and oxygen atoms in total. The second-order valence-electron chi connectivity index (χ2n) is 3.52. The standard InChI is InChI=1S/C12H15NS2/c1-10-4-5-12(15-10)9-13-7-6-11-3-2-8-14-11/h2-5,8,13H,6-7,9H2,1H3. The van der Waals surface area contributed by atoms with E-state index in [1.807, 2.05) is 22.7 Å². The monoisotopic (exact) mass is 237 g/mol. The largest absolute Gasteiger partial charge is 0.311 e. The van der Waals surface area contributed by atoms with Gasteiger partial charge in [0.1, 0.15) is 0 Å². The summed E-state index contributed by atoms with van der Waals surface area (Å²) < 4.78 is 0. The van der Waals surface area contributed by atoms with Crippen molar-refractivity contribution in [2.24, 2.45) is 0 Å². The third-order valence-electron chi connectivity index (χ3n) is 2.22. The summed E-state index contributed by atoms with van der Waals surface area (Å²) in [7, 11) is 0. The van der Waals surface area contributed by atoms with Crippen molar-refractivity contribution in [1.82, 2.24) is 5.32 Å². The Labute approximate surface area is 98.8 Å². The summed E-state index contributed by atoms with van der Waals surface area (Å²) in [5.41, 5.74) is 0. The Balaban J connectivity index is 1.67. The molecule has 2 aromatic heterocycles. The van der Waals surface area contributed by atoms with E-state index in [-0.39, 0.29) is 0 Å². The first-order chi connectivity index (χ1) is 7.34. The molecule has 2 aromatic rings. The molecule has 0 aliphatic rings. The maximum absolute atomic E-state index is 3.47. The molecule has 80 valence electrons. The maximum atomic E-state index is 3.47. The Bertz CT molecular complexity index is 389. The predicted molar refractivity (Wildman–Crippen MR) is 68.8 cm³/mol. The predicted octanol–water partition coefficient (Wildman–Crippen LogP) is 3.45. The van der Waals surface area contributed by atoms with E-state index in [1.54, 1.807) is 0 Å². The number of aryl methyl sites for hydroxylation is 1. The Hall–Kier alpha value is -0.640. The highest BCUT2D eigenvalue weighted by Crippen LogP contribution is 2.14. The topological polar surface area (TPSA) is 12.0 Å². The minimum atomic E-state index is 1.00. The van der Waals surface area contributed by atoms with Crippen molar-refractivity contribution in [3.63, 3.8) is 0 Å². The zero-order chi connectivity index (χ0) is 10.5. The zero-order valence-electron chi connectivity index (χ0n) is 8.82. The van der Waals surface area contributed by atoms with Gasteiger partial charge in [0.2, 0.25) is 0 Å². The molecule has 0 aromatic carbocycles. The first kappa shape index (κ1) is 10.9. The smallest absolute Gasteiger partial charge is 0.0299 e. The van der Waals surface area contributed by atoms with Crippen molar-refractivity contribution in [1.29, 1.82) is 0 Å². The second-order valence-corrected chi connectivity index (χ2v) is 5.92. The lowest BCUT2D eigenvalue weighted by atomic mass is 10.3. The molecule has 2 heterocycles. The van der Waals surface area contributed by atoms with Gasteiger partial charge < -0.3 is 5.32 Å². The molecule has 0 atom stereocenters. The van der Waals surface area contributed by atoms with Crippen LogP contribution in [0.4, 0.5) is 0 Å². The van der Waals surface area contributed by atoms with Gasteiger partial charge in [0, 0.05) is 27.7 Å². The average molecular weight is 237 g/mol. The van der Waals surface area contributed by atoms with Crippen LogP contribution in [0.5, 0.6) is 0 Å². The zero-order valence-corrected chi connectivity index (χ0v) is 10.5. The highest BCUT2D eigenvalue weighted by Gasteiger charge is 1.96. The van der Waals surface area contributed by atoms with Crippen molar-refractivity contribution < 1.29 is 0 Å². The van der Waals surface area contributed by atoms with E-state index in [4.69, 9.17) is 0 Å². The molecule has 0 saturated heterocycles. The van der Waals surface area contributed by atoms with Crippen molar-refractivity contribution in [3.8, 4) is 0 Å². The Morgan fingerprint density at radius 3 is 2.80 bits per heavy atom. The molecule has 0 unspecified atom stereocenters. The van der Waals surface area contributed by atoms with Crippen LogP contribution in [0.15, 0.2) is 29.6 Å². The van der Waals surface area contributed by atoms with Crippen LogP contribution in [0, 0.1) is 6.92 Å². The molecular weight excluding hydrogens is 222 g/mol. The lowest BCUT2D eigenvalue weighted by Crippen LogP contribution is -2.15. The molecule has 3 heteroatoms. The molecule has 0 aliphatic carbocycles. The van der Waals surface area contributed by atoms with Gasteiger partial charge in [-0.05, 0) is 36.9 Å². The average Bonchev–Trinajstić information content (AvgIpc) is 2.84. The van der Waals surface area contributed by atoms with E-state index in [0.717, 1.165) is 19.5 Å². The van der Waals surface area contributed by atoms with Crippen LogP contribution in [0.25, 0.3) is 0 Å². The van der Waals surface area contributed by atoms with E-state index in [1.165, 1.54) is 14.6 Å². The fourth-order valence-corrected chi connectivity index (χ4v) is 3.03. The Morgan fingerprint density at radius 1 is 1.20 bits per heavy atom. The number of thiophene rings is 2. The van der Waals surface area contributed by atoms with Crippen LogP contribution in [0.3, 0.4) is 0 Å². The van der Waals surface area contributed by atoms with Gasteiger partial charge in [-0.1, -0.05) is 6.07 Å². The number of nitrogens with one attached hydrogen (secondary N) is 1. The van der Waals surface area contributed by atoms with E-state index >= 15 is 0 Å². The summed E-state index contributed by atoms with van der Waals surface area (Å²) in [6.45, 7) is 4.22. The van der Waals surface area contributed by atoms with Gasteiger partial charge in [-0.2, -0.15) is 0 Å². The van der Waals surface area contributed by atoms with Crippen LogP contribution in [0.2, 0.25) is 0 Å². The van der Waals surface area contributed by atoms with Crippen molar-refractivity contribution in [2.45, 2.75) is 19.9 Å². The molecule has 0 spiro atoms. The summed E-state index contributed by atoms with van der Waals surface area (Å²) in [4.78, 5) is 4.29. The maximum Gasteiger partial charge on any atom is 0.0299 e. The van der Waals surface area contributed by atoms with Crippen LogP contribution < -0.4 is 5.32 Å². The normalized spacial score (nSPS) is 10.7. The lowest BCUT2D eigenvalue weighted by molar-refractivity contribution is 0.697. The summed E-state index contributed by atoms with van der Waals surface area (Å²) in [5.74, 6) is 0. The molecule has 2 rings (SSSR count). The highest BCUT2D eigenvalue weighted by atomic mass is 32.1. The first-order valence-corrected chi connectivity index (χ1v) is 6.82. The quantitative estimate of drug-likeness (QED) is 0.785. The lowest BCUT2D eigenvalue weighted by Gasteiger charge is -2.00. The van der Waals surface area contributed by atoms with Crippen LogP contribution >= 0.6 is 22.7 Å². The van der Waals surface area contributed by atoms with Gasteiger partial charge in [0.25, 0.3) is 0 Å². The van der Waals surface area contributed by atoms with E-state index in [9.17, 15) is 0 Å². The first-order valence-electron chi connectivity index (χ1n) is 5.13. The molecule has 0 radical (unpaired) electrons. The third kappa shape index (κ3) is 3.45. The molecule has 0 amide bonds. The molecular formula is C12H15NS2. The van der Waals surface area contributed by atoms with E-state index in [0.29, 0.717) is 0 Å². The fourth-order valence-electron chi connectivity index (χ4n) is 1.46. The number of hydrogen-bond donors (Lipinski definition) is 1. The van der Waals surface area contributed by atoms with Gasteiger partial charge in [-0.3, -0.25) is 0 Å². The highest BCUT2D eigenvalue weighted by molar-refractivity contribution is 7.11. The second kappa shape index (κ2) is 5.45. The minimum absolute atomic E-state index is 1.00. The summed E-state index contributed by atoms with van der Waals surface area (Å²) in [6.07, 6.45) is 1.14. The van der Waals surface area contributed by atoms with Crippen LogP contribution in [0.1, 0.15) is 14.6 Å². The van der Waals surface area contributed by atoms with Crippen molar-refractivity contribution in [2.75, 3.05) is 6.54 Å². The van der Waals surface area contributed by atoms with Gasteiger partial charge in [-0.15, -0.1) is 22.7 Å². The molecule has 15 heavy (non-hydrogen) atoms. The van der Waals surface area contributed by atoms with E-state index < -0.39 is 0 Å². The molecule has 0 fully saturated rings. The van der Waals surface area contributed by atoms with Crippen LogP contribution in [-0.2, 0) is 13.0 Å². The molecule has 0 bridgehead atoms. The molecule has 0 saturated carbocycles. The SMILES string of the molecule is Cc1ccc(CNCCc2cccs2)s1. The summed E-state index contributed by atoms with van der Waals surface area (Å²) in [5, 5.41) is 5.61. The number of hydrogen-bond acceptors (Lipinski definition) is 3. The van der Waals surface area contributed by atoms with Gasteiger partial charge in [0.05, 0.1) is 0 Å². The fraction of sp³-hybridized carbons (Fsp3) is 0.333. The van der Waals surface area contributed by atoms with Crippen molar-refractivity contribution >= 4 is 22.7 Å². The van der Waals surface area contributed by atoms with Gasteiger partial charge in [-0.25, -0.2) is 0 Å². The van der Waals surface area contributed by atoms with E-state index in [2.05, 4.69) is 41.9 Å². The Kier molecular flexibility index (Phi) is 3.94. The Morgan fingerprint density at radius 2 is 2.13 bits per heavy atom. The van der Waals surface area contributed by atoms with Crippen LogP contribution in [-0.4, -0.2) is 6.54 Å². The van der Waals surface area contributed by atoms with Gasteiger partial charge in [0.15, 0.2) is 0 Å². The third-order valence-corrected chi connectivity index (χ3v) is 4.16. The summed E-state index contributed by atoms with van der Waals surface area (Å²) in [6, 6.07) is 8.70. The molecule has 1 N–H and O–H groups in total. The number of rotatable bonds is 5. The van der Waals surface area contributed by atoms with Crippen molar-refractivity contribution in [3.05, 3.63) is 44.3 Å².